The number of hydrogen-bond acceptors (Lipinski definition) is 7. The van der Waals surface area contributed by atoms with Gasteiger partial charge < -0.3 is 14.7 Å². The Bertz CT molecular complexity index is 429. The number of hydrogen-bond donors (Lipinski definition) is 2. The molecule has 0 unspecified atom stereocenters. The normalized spacial score (nSPS) is 10.2. The fourth-order valence-corrected chi connectivity index (χ4v) is 1.37. The molecule has 0 spiro atoms. The van der Waals surface area contributed by atoms with Gasteiger partial charge in [0, 0.05) is 0 Å². The van der Waals surface area contributed by atoms with Crippen LogP contribution < -0.4 is 5.48 Å². The molecule has 0 aliphatic heterocycles. The molecule has 0 amide bonds. The number of carbonyl (C=O) groups excluding carboxylic acids is 1. The Balaban J connectivity index is 0.00000289. The zero-order valence-corrected chi connectivity index (χ0v) is 11.6. The predicted molar refractivity (Wildman–Crippen MR) is 67.3 cm³/mol. The van der Waals surface area contributed by atoms with Crippen molar-refractivity contribution in [2.75, 3.05) is 5.48 Å². The van der Waals surface area contributed by atoms with Crippen LogP contribution >= 0.6 is 23.7 Å². The molecule has 2 N–H and O–H groups in total. The van der Waals surface area contributed by atoms with Crippen molar-refractivity contribution in [1.29, 1.82) is 0 Å². The van der Waals surface area contributed by atoms with E-state index in [0.29, 0.717) is 0 Å². The second kappa shape index (κ2) is 6.41. The van der Waals surface area contributed by atoms with Crippen molar-refractivity contribution in [3.05, 3.63) is 11.1 Å². The Morgan fingerprint density at radius 1 is 1.44 bits per heavy atom. The average Bonchev–Trinajstić information content (AvgIpc) is 2.60. The number of carbonyl (C=O) groups is 2. The lowest BCUT2D eigenvalue weighted by Gasteiger charge is -2.18. The van der Waals surface area contributed by atoms with Crippen LogP contribution in [0.3, 0.4) is 0 Å². The first kappa shape index (κ1) is 16.5. The van der Waals surface area contributed by atoms with Gasteiger partial charge in [-0.3, -0.25) is 0 Å². The minimum absolute atomic E-state index is 0. The molecule has 1 heterocycles. The minimum atomic E-state index is -1.09. The van der Waals surface area contributed by atoms with Crippen molar-refractivity contribution in [1.82, 2.24) is 4.98 Å². The SMILES string of the molecule is CC(C)(C)OC(=O)ONc1ncc(C(=O)O)s1.Cl. The van der Waals surface area contributed by atoms with Gasteiger partial charge in [0.05, 0.1) is 6.20 Å². The number of halogens is 1. The summed E-state index contributed by atoms with van der Waals surface area (Å²) in [7, 11) is 0. The zero-order valence-electron chi connectivity index (χ0n) is 9.92. The highest BCUT2D eigenvalue weighted by atomic mass is 35.5. The van der Waals surface area contributed by atoms with Crippen molar-refractivity contribution in [3.8, 4) is 0 Å². The number of aromatic nitrogens is 1. The maximum absolute atomic E-state index is 11.1. The summed E-state index contributed by atoms with van der Waals surface area (Å²) >= 11 is 0.846. The molecule has 1 rings (SSSR count). The molecule has 0 fully saturated rings. The van der Waals surface area contributed by atoms with E-state index in [2.05, 4.69) is 15.3 Å². The molecule has 102 valence electrons. The number of anilines is 1. The van der Waals surface area contributed by atoms with Crippen molar-refractivity contribution in [2.45, 2.75) is 26.4 Å². The standard InChI is InChI=1S/C9H12N2O5S.ClH/c1-9(2,3)15-8(14)16-11-7-10-4-5(17-7)6(12)13;/h4H,1-3H3,(H,10,11)(H,12,13);1H. The Labute approximate surface area is 113 Å². The molecule has 0 atom stereocenters. The summed E-state index contributed by atoms with van der Waals surface area (Å²) in [5, 5.41) is 8.80. The Kier molecular flexibility index (Phi) is 5.86. The molecule has 7 nitrogen and oxygen atoms in total. The van der Waals surface area contributed by atoms with Gasteiger partial charge in [-0.1, -0.05) is 11.3 Å². The van der Waals surface area contributed by atoms with Crippen LogP contribution in [-0.4, -0.2) is 27.8 Å². The monoisotopic (exact) mass is 296 g/mol. The van der Waals surface area contributed by atoms with Crippen LogP contribution in [0.2, 0.25) is 0 Å². The Morgan fingerprint density at radius 2 is 2.06 bits per heavy atom. The van der Waals surface area contributed by atoms with Gasteiger partial charge >= 0.3 is 12.1 Å². The highest BCUT2D eigenvalue weighted by molar-refractivity contribution is 7.17. The molecule has 1 aromatic rings. The van der Waals surface area contributed by atoms with Crippen LogP contribution in [0, 0.1) is 0 Å². The fourth-order valence-electron chi connectivity index (χ4n) is 0.776. The summed E-state index contributed by atoms with van der Waals surface area (Å²) in [6.45, 7) is 5.08. The number of carboxylic acids is 1. The predicted octanol–water partition coefficient (Wildman–Crippen LogP) is 2.54. The molecule has 0 bridgehead atoms. The third-order valence-electron chi connectivity index (χ3n) is 1.33. The first-order valence-electron chi connectivity index (χ1n) is 4.63. The first-order chi connectivity index (χ1) is 7.78. The van der Waals surface area contributed by atoms with Gasteiger partial charge in [0.1, 0.15) is 10.5 Å². The fraction of sp³-hybridized carbons (Fsp3) is 0.444. The Morgan fingerprint density at radius 3 is 2.50 bits per heavy atom. The zero-order chi connectivity index (χ0) is 13.1. The largest absolute Gasteiger partial charge is 0.533 e. The van der Waals surface area contributed by atoms with Crippen LogP contribution in [0.15, 0.2) is 6.20 Å². The summed E-state index contributed by atoms with van der Waals surface area (Å²) in [4.78, 5) is 30.0. The summed E-state index contributed by atoms with van der Waals surface area (Å²) in [5.74, 6) is -1.09. The molecule has 0 radical (unpaired) electrons. The van der Waals surface area contributed by atoms with E-state index in [1.807, 2.05) is 0 Å². The quantitative estimate of drug-likeness (QED) is 0.653. The molecular weight excluding hydrogens is 284 g/mol. The molecule has 1 aromatic heterocycles. The molecule has 0 saturated heterocycles. The van der Waals surface area contributed by atoms with Gasteiger partial charge in [0.25, 0.3) is 0 Å². The van der Waals surface area contributed by atoms with E-state index in [1.165, 1.54) is 0 Å². The minimum Gasteiger partial charge on any atom is -0.477 e. The summed E-state index contributed by atoms with van der Waals surface area (Å²) in [5.41, 5.74) is 1.55. The van der Waals surface area contributed by atoms with Gasteiger partial charge in [-0.25, -0.2) is 14.6 Å². The van der Waals surface area contributed by atoms with Gasteiger partial charge in [0.2, 0.25) is 5.13 Å². The number of aromatic carboxylic acids is 1. The third-order valence-corrected chi connectivity index (χ3v) is 2.21. The maximum atomic E-state index is 11.1. The summed E-state index contributed by atoms with van der Waals surface area (Å²) < 4.78 is 4.85. The number of thiazole rings is 1. The van der Waals surface area contributed by atoms with E-state index < -0.39 is 17.7 Å². The lowest BCUT2D eigenvalue weighted by atomic mass is 10.2. The smallest absolute Gasteiger partial charge is 0.477 e. The van der Waals surface area contributed by atoms with E-state index in [0.717, 1.165) is 17.5 Å². The topological polar surface area (TPSA) is 97.8 Å². The Hall–Kier alpha value is -1.54. The van der Waals surface area contributed by atoms with Crippen molar-refractivity contribution >= 4 is 41.0 Å². The lowest BCUT2D eigenvalue weighted by molar-refractivity contribution is 0.00297. The van der Waals surface area contributed by atoms with E-state index in [-0.39, 0.29) is 22.4 Å². The molecule has 9 heteroatoms. The summed E-state index contributed by atoms with van der Waals surface area (Å²) in [6, 6.07) is 0. The highest BCUT2D eigenvalue weighted by Crippen LogP contribution is 2.18. The molecule has 0 aliphatic carbocycles. The molecule has 0 saturated carbocycles. The van der Waals surface area contributed by atoms with Crippen molar-refractivity contribution < 1.29 is 24.3 Å². The van der Waals surface area contributed by atoms with E-state index in [9.17, 15) is 9.59 Å². The van der Waals surface area contributed by atoms with Crippen LogP contribution in [-0.2, 0) is 9.57 Å². The molecular formula is C9H13ClN2O5S. The number of ether oxygens (including phenoxy) is 1. The van der Waals surface area contributed by atoms with Crippen molar-refractivity contribution in [3.63, 3.8) is 0 Å². The van der Waals surface area contributed by atoms with Crippen LogP contribution in [0.25, 0.3) is 0 Å². The lowest BCUT2D eigenvalue weighted by Crippen LogP contribution is -2.25. The second-order valence-corrected chi connectivity index (χ2v) is 5.03. The summed E-state index contributed by atoms with van der Waals surface area (Å²) in [6.07, 6.45) is 0.248. The van der Waals surface area contributed by atoms with E-state index in [1.54, 1.807) is 20.8 Å². The van der Waals surface area contributed by atoms with Crippen LogP contribution in [0.5, 0.6) is 0 Å². The van der Waals surface area contributed by atoms with E-state index in [4.69, 9.17) is 9.84 Å². The van der Waals surface area contributed by atoms with Crippen LogP contribution in [0.1, 0.15) is 30.4 Å². The number of nitrogens with one attached hydrogen (secondary N) is 1. The molecule has 0 aromatic carbocycles. The number of rotatable bonds is 3. The molecule has 0 aliphatic rings. The van der Waals surface area contributed by atoms with Crippen molar-refractivity contribution in [2.24, 2.45) is 0 Å². The first-order valence-corrected chi connectivity index (χ1v) is 5.44. The maximum Gasteiger partial charge on any atom is 0.533 e. The van der Waals surface area contributed by atoms with Crippen LogP contribution in [0.4, 0.5) is 9.93 Å². The second-order valence-electron chi connectivity index (χ2n) is 4.00. The van der Waals surface area contributed by atoms with Gasteiger partial charge in [-0.15, -0.1) is 12.4 Å². The third kappa shape index (κ3) is 5.69. The average molecular weight is 297 g/mol. The van der Waals surface area contributed by atoms with Gasteiger partial charge in [-0.2, -0.15) is 5.48 Å². The van der Waals surface area contributed by atoms with E-state index >= 15 is 0 Å². The van der Waals surface area contributed by atoms with Gasteiger partial charge in [-0.05, 0) is 20.8 Å². The number of carboxylic acid groups (broad SMARTS) is 1. The highest BCUT2D eigenvalue weighted by Gasteiger charge is 2.18. The van der Waals surface area contributed by atoms with Gasteiger partial charge in [0.15, 0.2) is 0 Å². The number of nitrogens with zero attached hydrogens (tertiary/aromatic N) is 1. The molecule has 18 heavy (non-hydrogen) atoms.